The summed E-state index contributed by atoms with van der Waals surface area (Å²) < 4.78 is 0. The molecular formula is C38H33BN2. The Morgan fingerprint density at radius 1 is 0.415 bits per heavy atom. The number of rotatable bonds is 2. The summed E-state index contributed by atoms with van der Waals surface area (Å²) in [7, 11) is 0. The monoisotopic (exact) mass is 528 g/mol. The van der Waals surface area contributed by atoms with Gasteiger partial charge in [-0.2, -0.15) is 0 Å². The van der Waals surface area contributed by atoms with E-state index in [1.54, 1.807) is 0 Å². The van der Waals surface area contributed by atoms with Crippen LogP contribution in [-0.2, 0) is 25.7 Å². The number of fused-ring (bicyclic) bond motifs is 6. The first-order valence-corrected chi connectivity index (χ1v) is 15.5. The van der Waals surface area contributed by atoms with Gasteiger partial charge in [-0.15, -0.1) is 0 Å². The van der Waals surface area contributed by atoms with Gasteiger partial charge >= 0.3 is 0 Å². The molecule has 0 fully saturated rings. The van der Waals surface area contributed by atoms with Crippen molar-refractivity contribution in [2.45, 2.75) is 51.4 Å². The average molecular weight is 529 g/mol. The molecule has 41 heavy (non-hydrogen) atoms. The molecule has 5 aromatic rings. The van der Waals surface area contributed by atoms with Gasteiger partial charge in [-0.25, -0.2) is 0 Å². The Morgan fingerprint density at radius 2 is 0.854 bits per heavy atom. The van der Waals surface area contributed by atoms with Crippen LogP contribution in [0.3, 0.4) is 0 Å². The van der Waals surface area contributed by atoms with Crippen molar-refractivity contribution in [1.82, 2.24) is 0 Å². The van der Waals surface area contributed by atoms with Gasteiger partial charge in [0.05, 0.1) is 0 Å². The van der Waals surface area contributed by atoms with Gasteiger partial charge in [0.15, 0.2) is 0 Å². The number of hydrogen-bond donors (Lipinski definition) is 0. The van der Waals surface area contributed by atoms with Gasteiger partial charge in [-0.05, 0) is 139 Å². The zero-order valence-corrected chi connectivity index (χ0v) is 23.4. The maximum atomic E-state index is 2.54. The average Bonchev–Trinajstić information content (AvgIpc) is 3.04. The fraction of sp³-hybridized carbons (Fsp3) is 0.211. The lowest BCUT2D eigenvalue weighted by Crippen LogP contribution is -2.61. The van der Waals surface area contributed by atoms with Crippen LogP contribution in [0.1, 0.15) is 47.9 Å². The van der Waals surface area contributed by atoms with E-state index >= 15 is 0 Å². The molecule has 0 spiro atoms. The molecule has 9 rings (SSSR count). The Labute approximate surface area is 243 Å². The second-order valence-electron chi connectivity index (χ2n) is 12.3. The summed E-state index contributed by atoms with van der Waals surface area (Å²) >= 11 is 0. The van der Waals surface area contributed by atoms with Crippen molar-refractivity contribution in [3.05, 3.63) is 125 Å². The molecule has 0 saturated carbocycles. The minimum Gasteiger partial charge on any atom is -0.311 e. The van der Waals surface area contributed by atoms with E-state index in [9.17, 15) is 0 Å². The molecule has 0 saturated heterocycles. The molecule has 0 aromatic heterocycles. The van der Waals surface area contributed by atoms with E-state index < -0.39 is 0 Å². The topological polar surface area (TPSA) is 6.48 Å². The zero-order chi connectivity index (χ0) is 26.9. The molecule has 0 N–H and O–H groups in total. The van der Waals surface area contributed by atoms with E-state index in [-0.39, 0.29) is 6.71 Å². The number of benzene rings is 5. The van der Waals surface area contributed by atoms with E-state index in [1.807, 2.05) is 0 Å². The van der Waals surface area contributed by atoms with Crippen molar-refractivity contribution < 1.29 is 0 Å². The molecular weight excluding hydrogens is 495 g/mol. The summed E-state index contributed by atoms with van der Waals surface area (Å²) in [4.78, 5) is 5.08. The minimum atomic E-state index is 0.205. The minimum absolute atomic E-state index is 0.205. The molecule has 5 aromatic carbocycles. The Balaban J connectivity index is 1.29. The maximum absolute atomic E-state index is 2.54. The largest absolute Gasteiger partial charge is 0.311 e. The van der Waals surface area contributed by atoms with Gasteiger partial charge in [0.1, 0.15) is 0 Å². The molecule has 0 amide bonds. The molecule has 0 atom stereocenters. The third kappa shape index (κ3) is 3.51. The smallest absolute Gasteiger partial charge is 0.252 e. The Morgan fingerprint density at radius 3 is 1.37 bits per heavy atom. The van der Waals surface area contributed by atoms with Crippen LogP contribution in [-0.4, -0.2) is 6.71 Å². The fourth-order valence-electron chi connectivity index (χ4n) is 8.11. The predicted molar refractivity (Wildman–Crippen MR) is 174 cm³/mol. The normalized spacial score (nSPS) is 16.3. The maximum Gasteiger partial charge on any atom is 0.252 e. The lowest BCUT2D eigenvalue weighted by atomic mass is 9.33. The summed E-state index contributed by atoms with van der Waals surface area (Å²) in [5, 5.41) is 0. The van der Waals surface area contributed by atoms with E-state index in [0.29, 0.717) is 0 Å². The van der Waals surface area contributed by atoms with Crippen molar-refractivity contribution >= 4 is 57.2 Å². The third-order valence-corrected chi connectivity index (χ3v) is 9.99. The van der Waals surface area contributed by atoms with E-state index in [0.717, 1.165) is 0 Å². The molecule has 2 nitrogen and oxygen atoms in total. The van der Waals surface area contributed by atoms with Crippen LogP contribution in [0, 0.1) is 0 Å². The van der Waals surface area contributed by atoms with Crippen molar-refractivity contribution in [2.24, 2.45) is 0 Å². The van der Waals surface area contributed by atoms with Crippen LogP contribution in [0.15, 0.2) is 103 Å². The standard InChI is InChI=1S/C38H33BN2/c1-3-12-28-24-30(22-20-26(28)10-1)40-34-16-7-5-14-32(34)39-33-15-6-8-17-35(33)41(37-19-9-18-36(40)38(37)39)31-23-21-27-11-2-4-13-29(27)25-31/h5-9,14-25H,1-4,10-13H2. The summed E-state index contributed by atoms with van der Waals surface area (Å²) in [6.07, 6.45) is 10.0. The molecule has 2 heterocycles. The van der Waals surface area contributed by atoms with Crippen LogP contribution in [0.2, 0.25) is 0 Å². The van der Waals surface area contributed by atoms with E-state index in [2.05, 4.69) is 113 Å². The highest BCUT2D eigenvalue weighted by Crippen LogP contribution is 2.44. The number of hydrogen-bond acceptors (Lipinski definition) is 2. The number of para-hydroxylation sites is 2. The van der Waals surface area contributed by atoms with Crippen LogP contribution in [0.5, 0.6) is 0 Å². The zero-order valence-electron chi connectivity index (χ0n) is 23.4. The first-order chi connectivity index (χ1) is 20.3. The number of anilines is 6. The Hall–Kier alpha value is -4.24. The van der Waals surface area contributed by atoms with Crippen molar-refractivity contribution in [3.8, 4) is 0 Å². The SMILES string of the molecule is c1ccc2c(c1)B1c3ccccc3N(c3ccc4c(c3)CCCC4)c3cccc(c31)N2c1ccc2c(c1)CCCC2. The predicted octanol–water partition coefficient (Wildman–Crippen LogP) is 7.53. The van der Waals surface area contributed by atoms with Gasteiger partial charge in [0, 0.05) is 34.1 Å². The fourth-order valence-corrected chi connectivity index (χ4v) is 8.11. The van der Waals surface area contributed by atoms with Crippen LogP contribution in [0.4, 0.5) is 34.1 Å². The third-order valence-electron chi connectivity index (χ3n) is 9.99. The molecule has 0 radical (unpaired) electrons. The Kier molecular flexibility index (Phi) is 5.23. The van der Waals surface area contributed by atoms with Crippen molar-refractivity contribution in [2.75, 3.05) is 9.80 Å². The van der Waals surface area contributed by atoms with Gasteiger partial charge in [-0.3, -0.25) is 0 Å². The molecule has 198 valence electrons. The summed E-state index contributed by atoms with van der Waals surface area (Å²) in [6.45, 7) is 0.205. The van der Waals surface area contributed by atoms with E-state index in [1.165, 1.54) is 124 Å². The van der Waals surface area contributed by atoms with Crippen LogP contribution >= 0.6 is 0 Å². The van der Waals surface area contributed by atoms with Gasteiger partial charge < -0.3 is 9.80 Å². The lowest BCUT2D eigenvalue weighted by Gasteiger charge is -2.44. The molecule has 4 aliphatic rings. The first kappa shape index (κ1) is 23.5. The molecule has 2 aliphatic heterocycles. The summed E-state index contributed by atoms with van der Waals surface area (Å²) in [5.74, 6) is 0. The quantitative estimate of drug-likeness (QED) is 0.214. The second kappa shape index (κ2) is 9.14. The molecule has 0 unspecified atom stereocenters. The number of nitrogens with zero attached hydrogens (tertiary/aromatic N) is 2. The lowest BCUT2D eigenvalue weighted by molar-refractivity contribution is 0.685. The highest BCUT2D eigenvalue weighted by molar-refractivity contribution is 7.00. The second-order valence-corrected chi connectivity index (χ2v) is 12.3. The molecule has 0 bridgehead atoms. The molecule has 2 aliphatic carbocycles. The van der Waals surface area contributed by atoms with Crippen molar-refractivity contribution in [1.29, 1.82) is 0 Å². The van der Waals surface area contributed by atoms with Gasteiger partial charge in [0.25, 0.3) is 6.71 Å². The highest BCUT2D eigenvalue weighted by atomic mass is 15.2. The number of aryl methyl sites for hydroxylation is 4. The highest BCUT2D eigenvalue weighted by Gasteiger charge is 2.42. The summed E-state index contributed by atoms with van der Waals surface area (Å²) in [6, 6.07) is 39.6. The van der Waals surface area contributed by atoms with Crippen molar-refractivity contribution in [3.63, 3.8) is 0 Å². The Bertz CT molecular complexity index is 1710. The van der Waals surface area contributed by atoms with E-state index in [4.69, 9.17) is 0 Å². The van der Waals surface area contributed by atoms with Gasteiger partial charge in [-0.1, -0.05) is 54.6 Å². The first-order valence-electron chi connectivity index (χ1n) is 15.5. The van der Waals surface area contributed by atoms with Crippen LogP contribution in [0.25, 0.3) is 0 Å². The summed E-state index contributed by atoms with van der Waals surface area (Å²) in [5.41, 5.74) is 18.1. The van der Waals surface area contributed by atoms with Gasteiger partial charge in [0.2, 0.25) is 0 Å². The van der Waals surface area contributed by atoms with Crippen LogP contribution < -0.4 is 26.2 Å². The molecule has 3 heteroatoms.